The smallest absolute Gasteiger partial charge is 0.0102 e. The summed E-state index contributed by atoms with van der Waals surface area (Å²) in [6, 6.07) is 21.3. The van der Waals surface area contributed by atoms with Crippen LogP contribution in [0.4, 0.5) is 0 Å². The first-order valence-corrected chi connectivity index (χ1v) is 7.33. The van der Waals surface area contributed by atoms with E-state index in [1.807, 2.05) is 13.8 Å². The lowest BCUT2D eigenvalue weighted by Crippen LogP contribution is -2.09. The Morgan fingerprint density at radius 3 is 1.63 bits per heavy atom. The van der Waals surface area contributed by atoms with E-state index >= 15 is 0 Å². The summed E-state index contributed by atoms with van der Waals surface area (Å²) >= 11 is 4.07. The van der Waals surface area contributed by atoms with Crippen molar-refractivity contribution in [2.45, 2.75) is 26.2 Å². The Labute approximate surface area is 122 Å². The zero-order valence-electron chi connectivity index (χ0n) is 11.7. The lowest BCUT2D eigenvalue weighted by atomic mass is 9.89. The molecule has 0 bridgehead atoms. The molecule has 0 radical (unpaired) electrons. The van der Waals surface area contributed by atoms with Crippen LogP contribution in [0.5, 0.6) is 0 Å². The lowest BCUT2D eigenvalue weighted by Gasteiger charge is -2.17. The molecule has 0 fully saturated rings. The highest BCUT2D eigenvalue weighted by Gasteiger charge is 2.12. The predicted molar refractivity (Wildman–Crippen MR) is 87.7 cm³/mol. The highest BCUT2D eigenvalue weighted by atomic mass is 32.1. The second kappa shape index (κ2) is 9.65. The summed E-state index contributed by atoms with van der Waals surface area (Å²) in [7, 11) is 0. The van der Waals surface area contributed by atoms with Crippen LogP contribution >= 0.6 is 12.8 Å². The Kier molecular flexibility index (Phi) is 8.03. The molecule has 19 heavy (non-hydrogen) atoms. The lowest BCUT2D eigenvalue weighted by molar-refractivity contribution is 0.707. The van der Waals surface area contributed by atoms with E-state index in [4.69, 9.17) is 0 Å². The van der Waals surface area contributed by atoms with Crippen LogP contribution in [0.3, 0.4) is 0 Å². The van der Waals surface area contributed by atoms with Crippen molar-refractivity contribution in [2.24, 2.45) is 0 Å². The van der Waals surface area contributed by atoms with Crippen molar-refractivity contribution in [3.8, 4) is 0 Å². The first-order valence-electron chi connectivity index (χ1n) is 6.88. The van der Waals surface area contributed by atoms with E-state index in [2.05, 4.69) is 78.2 Å². The van der Waals surface area contributed by atoms with Crippen molar-refractivity contribution < 1.29 is 0 Å². The van der Waals surface area contributed by atoms with Gasteiger partial charge in [0.1, 0.15) is 0 Å². The monoisotopic (exact) mass is 273 g/mol. The Morgan fingerprint density at radius 2 is 1.26 bits per heavy atom. The van der Waals surface area contributed by atoms with Crippen LogP contribution in [-0.2, 0) is 0 Å². The van der Waals surface area contributed by atoms with Gasteiger partial charge in [-0.15, -0.1) is 0 Å². The zero-order valence-corrected chi connectivity index (χ0v) is 12.6. The standard InChI is InChI=1S/C15H17NS.C2H6/c17-16-12-11-15(13-7-3-1-4-8-13)14-9-5-2-6-10-14;1-2/h1-10,15-17H,11-12H2;1-2H3. The van der Waals surface area contributed by atoms with Crippen molar-refractivity contribution >= 4 is 12.8 Å². The molecule has 0 saturated carbocycles. The van der Waals surface area contributed by atoms with Crippen LogP contribution in [0.1, 0.15) is 37.3 Å². The molecule has 2 heteroatoms. The van der Waals surface area contributed by atoms with Gasteiger partial charge < -0.3 is 0 Å². The van der Waals surface area contributed by atoms with E-state index in [-0.39, 0.29) is 0 Å². The minimum Gasteiger partial charge on any atom is -0.267 e. The normalized spacial score (nSPS) is 9.89. The molecular weight excluding hydrogens is 250 g/mol. The number of hydrogen-bond donors (Lipinski definition) is 2. The molecule has 0 atom stereocenters. The van der Waals surface area contributed by atoms with E-state index in [0.29, 0.717) is 5.92 Å². The van der Waals surface area contributed by atoms with Crippen LogP contribution < -0.4 is 4.72 Å². The van der Waals surface area contributed by atoms with Gasteiger partial charge in [-0.1, -0.05) is 87.3 Å². The average Bonchev–Trinajstić information content (AvgIpc) is 2.52. The van der Waals surface area contributed by atoms with Gasteiger partial charge in [-0.05, 0) is 17.5 Å². The molecule has 0 amide bonds. The molecule has 2 aromatic rings. The van der Waals surface area contributed by atoms with Gasteiger partial charge in [0.2, 0.25) is 0 Å². The molecule has 0 heterocycles. The summed E-state index contributed by atoms with van der Waals surface area (Å²) in [5.74, 6) is 0.442. The molecule has 0 aromatic heterocycles. The molecule has 0 spiro atoms. The molecule has 2 aromatic carbocycles. The fraction of sp³-hybridized carbons (Fsp3) is 0.294. The largest absolute Gasteiger partial charge is 0.267 e. The van der Waals surface area contributed by atoms with Gasteiger partial charge in [-0.2, -0.15) is 0 Å². The van der Waals surface area contributed by atoms with Crippen LogP contribution in [0.2, 0.25) is 0 Å². The Morgan fingerprint density at radius 1 is 0.842 bits per heavy atom. The van der Waals surface area contributed by atoms with Crippen molar-refractivity contribution in [2.75, 3.05) is 6.54 Å². The molecule has 0 saturated heterocycles. The summed E-state index contributed by atoms with van der Waals surface area (Å²) in [6.07, 6.45) is 1.05. The SMILES string of the molecule is CC.SNCCC(c1ccccc1)c1ccccc1. The van der Waals surface area contributed by atoms with Crippen molar-refractivity contribution in [1.82, 2.24) is 4.72 Å². The van der Waals surface area contributed by atoms with Gasteiger partial charge in [0.15, 0.2) is 0 Å². The highest BCUT2D eigenvalue weighted by molar-refractivity contribution is 7.78. The molecule has 2 rings (SSSR count). The summed E-state index contributed by atoms with van der Waals surface area (Å²) in [6.45, 7) is 4.90. The molecule has 0 unspecified atom stereocenters. The van der Waals surface area contributed by atoms with Gasteiger partial charge in [0.05, 0.1) is 0 Å². The Hall–Kier alpha value is -1.25. The minimum atomic E-state index is 0.442. The summed E-state index contributed by atoms with van der Waals surface area (Å²) in [5, 5.41) is 0. The number of nitrogens with one attached hydrogen (secondary N) is 1. The van der Waals surface area contributed by atoms with Crippen molar-refractivity contribution in [3.05, 3.63) is 71.8 Å². The van der Waals surface area contributed by atoms with Crippen LogP contribution in [0, 0.1) is 0 Å². The molecular formula is C17H23NS. The second-order valence-electron chi connectivity index (χ2n) is 4.07. The first kappa shape index (κ1) is 15.8. The molecule has 1 N–H and O–H groups in total. The molecule has 1 nitrogen and oxygen atoms in total. The maximum absolute atomic E-state index is 4.07. The molecule has 102 valence electrons. The highest BCUT2D eigenvalue weighted by Crippen LogP contribution is 2.27. The first-order chi connectivity index (χ1) is 9.42. The van der Waals surface area contributed by atoms with E-state index < -0.39 is 0 Å². The van der Waals surface area contributed by atoms with Gasteiger partial charge in [-0.3, -0.25) is 4.72 Å². The van der Waals surface area contributed by atoms with Gasteiger partial charge in [0, 0.05) is 12.5 Å². The minimum absolute atomic E-state index is 0.442. The molecule has 0 aliphatic rings. The maximum atomic E-state index is 4.07. The maximum Gasteiger partial charge on any atom is 0.0102 e. The van der Waals surface area contributed by atoms with Gasteiger partial charge >= 0.3 is 0 Å². The van der Waals surface area contributed by atoms with E-state index in [1.165, 1.54) is 11.1 Å². The third-order valence-corrected chi connectivity index (χ3v) is 3.17. The van der Waals surface area contributed by atoms with Gasteiger partial charge in [0.25, 0.3) is 0 Å². The van der Waals surface area contributed by atoms with Crippen molar-refractivity contribution in [3.63, 3.8) is 0 Å². The fourth-order valence-corrected chi connectivity index (χ4v) is 2.23. The van der Waals surface area contributed by atoms with Crippen LogP contribution in [0.25, 0.3) is 0 Å². The van der Waals surface area contributed by atoms with Crippen molar-refractivity contribution in [1.29, 1.82) is 0 Å². The van der Waals surface area contributed by atoms with E-state index in [0.717, 1.165) is 13.0 Å². The summed E-state index contributed by atoms with van der Waals surface area (Å²) < 4.78 is 2.93. The Bertz CT molecular complexity index is 388. The fourth-order valence-electron chi connectivity index (χ4n) is 2.11. The second-order valence-corrected chi connectivity index (χ2v) is 4.39. The zero-order chi connectivity index (χ0) is 13.9. The van der Waals surface area contributed by atoms with E-state index in [1.54, 1.807) is 0 Å². The van der Waals surface area contributed by atoms with Crippen LogP contribution in [-0.4, -0.2) is 6.54 Å². The molecule has 0 aliphatic heterocycles. The van der Waals surface area contributed by atoms with Crippen LogP contribution in [0.15, 0.2) is 60.7 Å². The summed E-state index contributed by atoms with van der Waals surface area (Å²) in [5.41, 5.74) is 2.73. The third kappa shape index (κ3) is 5.09. The van der Waals surface area contributed by atoms with Gasteiger partial charge in [-0.25, -0.2) is 0 Å². The summed E-state index contributed by atoms with van der Waals surface area (Å²) in [4.78, 5) is 0. The average molecular weight is 273 g/mol. The predicted octanol–water partition coefficient (Wildman–Crippen LogP) is 4.67. The van der Waals surface area contributed by atoms with E-state index in [9.17, 15) is 0 Å². The number of thiol groups is 1. The quantitative estimate of drug-likeness (QED) is 0.754. The third-order valence-electron chi connectivity index (χ3n) is 2.95. The number of rotatable bonds is 5. The molecule has 0 aliphatic carbocycles. The number of benzene rings is 2. The Balaban J connectivity index is 0.000000861. The number of hydrogen-bond acceptors (Lipinski definition) is 2. The topological polar surface area (TPSA) is 12.0 Å².